The van der Waals surface area contributed by atoms with E-state index in [9.17, 15) is 4.79 Å². The molecular formula is C5H8NiO2S. The van der Waals surface area contributed by atoms with Gasteiger partial charge in [0.15, 0.2) is 0 Å². The topological polar surface area (TPSA) is 26.3 Å². The van der Waals surface area contributed by atoms with Crippen molar-refractivity contribution in [1.82, 2.24) is 0 Å². The van der Waals surface area contributed by atoms with Crippen LogP contribution in [0.5, 0.6) is 0 Å². The number of carbonyl (C=O) groups is 1. The van der Waals surface area contributed by atoms with Crippen LogP contribution < -0.4 is 0 Å². The molecule has 2 nitrogen and oxygen atoms in total. The van der Waals surface area contributed by atoms with Crippen LogP contribution in [0.1, 0.15) is 13.3 Å². The molecule has 0 saturated heterocycles. The molecule has 0 spiro atoms. The number of rotatable bonds is 2. The molecule has 0 heterocycles. The molecule has 0 radical (unpaired) electrons. The first-order valence-corrected chi connectivity index (χ1v) is 2.64. The largest absolute Gasteiger partial charge is 0.469 e. The Balaban J connectivity index is 0. The van der Waals surface area contributed by atoms with Gasteiger partial charge in [-0.25, -0.2) is 0 Å². The molecule has 0 aromatic rings. The number of ether oxygens (including phenoxy) is 1. The molecule has 0 unspecified atom stereocenters. The molecule has 9 heavy (non-hydrogen) atoms. The Morgan fingerprint density at radius 3 is 2.22 bits per heavy atom. The van der Waals surface area contributed by atoms with Crippen molar-refractivity contribution in [2.75, 3.05) is 7.11 Å². The average molecular weight is 191 g/mol. The molecule has 0 aromatic heterocycles. The number of hydrogen-bond acceptors (Lipinski definition) is 3. The van der Waals surface area contributed by atoms with Crippen LogP contribution in [0, 0.1) is 0 Å². The summed E-state index contributed by atoms with van der Waals surface area (Å²) in [7, 11) is 1.35. The van der Waals surface area contributed by atoms with Crippen LogP contribution >= 0.6 is 12.2 Å². The first-order valence-electron chi connectivity index (χ1n) is 2.23. The van der Waals surface area contributed by atoms with Gasteiger partial charge in [0.05, 0.1) is 13.5 Å². The fraction of sp³-hybridized carbons (Fsp3) is 0.600. The molecule has 0 N–H and O–H groups in total. The second-order valence-corrected chi connectivity index (χ2v) is 2.15. The number of methoxy groups -OCH3 is 1. The fourth-order valence-electron chi connectivity index (χ4n) is 0.275. The first kappa shape index (κ1) is 11.8. The van der Waals surface area contributed by atoms with Crippen molar-refractivity contribution in [2.45, 2.75) is 13.3 Å². The van der Waals surface area contributed by atoms with E-state index in [4.69, 9.17) is 0 Å². The number of thiocarbonyl (C=S) groups is 1. The maximum absolute atomic E-state index is 10.3. The summed E-state index contributed by atoms with van der Waals surface area (Å²) in [5.41, 5.74) is 0. The van der Waals surface area contributed by atoms with Crippen molar-refractivity contribution in [3.8, 4) is 0 Å². The Hall–Kier alpha value is 0.0535. The van der Waals surface area contributed by atoms with Gasteiger partial charge in [-0.05, 0) is 6.92 Å². The molecule has 0 aliphatic carbocycles. The molecule has 0 fully saturated rings. The molecule has 56 valence electrons. The van der Waals surface area contributed by atoms with Crippen molar-refractivity contribution >= 4 is 23.1 Å². The Morgan fingerprint density at radius 1 is 1.67 bits per heavy atom. The van der Waals surface area contributed by atoms with Crippen LogP contribution in [0.4, 0.5) is 0 Å². The number of esters is 1. The smallest absolute Gasteiger partial charge is 0.310 e. The predicted molar refractivity (Wildman–Crippen MR) is 34.9 cm³/mol. The molecule has 0 aromatic carbocycles. The van der Waals surface area contributed by atoms with Gasteiger partial charge < -0.3 is 4.74 Å². The van der Waals surface area contributed by atoms with Crippen LogP contribution in [0.3, 0.4) is 0 Å². The second kappa shape index (κ2) is 6.18. The Kier molecular flexibility index (Phi) is 8.10. The molecule has 0 saturated carbocycles. The van der Waals surface area contributed by atoms with E-state index in [2.05, 4.69) is 17.0 Å². The van der Waals surface area contributed by atoms with E-state index in [-0.39, 0.29) is 28.9 Å². The van der Waals surface area contributed by atoms with E-state index in [0.29, 0.717) is 4.86 Å². The third-order valence-corrected chi connectivity index (χ3v) is 0.765. The second-order valence-electron chi connectivity index (χ2n) is 1.45. The van der Waals surface area contributed by atoms with Crippen LogP contribution in [0.15, 0.2) is 0 Å². The molecule has 0 amide bonds. The summed E-state index contributed by atoms with van der Waals surface area (Å²) < 4.78 is 4.33. The Bertz CT molecular complexity index is 114. The van der Waals surface area contributed by atoms with Crippen LogP contribution in [0.25, 0.3) is 0 Å². The van der Waals surface area contributed by atoms with Gasteiger partial charge in [-0.3, -0.25) is 4.79 Å². The van der Waals surface area contributed by atoms with Gasteiger partial charge in [-0.1, -0.05) is 12.2 Å². The summed E-state index contributed by atoms with van der Waals surface area (Å²) in [4.78, 5) is 11.0. The van der Waals surface area contributed by atoms with E-state index < -0.39 is 0 Å². The van der Waals surface area contributed by atoms with E-state index in [1.165, 1.54) is 7.11 Å². The zero-order valence-corrected chi connectivity index (χ0v) is 7.05. The quantitative estimate of drug-likeness (QED) is 0.369. The van der Waals surface area contributed by atoms with Crippen molar-refractivity contribution in [3.05, 3.63) is 0 Å². The van der Waals surface area contributed by atoms with Gasteiger partial charge in [0.1, 0.15) is 0 Å². The van der Waals surface area contributed by atoms with Gasteiger partial charge in [-0.15, -0.1) is 0 Å². The first-order chi connectivity index (χ1) is 3.66. The van der Waals surface area contributed by atoms with E-state index in [1.54, 1.807) is 6.92 Å². The van der Waals surface area contributed by atoms with E-state index in [0.717, 1.165) is 0 Å². The van der Waals surface area contributed by atoms with Crippen LogP contribution in [0.2, 0.25) is 0 Å². The summed E-state index contributed by atoms with van der Waals surface area (Å²) in [6.07, 6.45) is 0.256. The van der Waals surface area contributed by atoms with Crippen LogP contribution in [-0.2, 0) is 26.0 Å². The zero-order chi connectivity index (χ0) is 6.57. The molecule has 0 aliphatic rings. The van der Waals surface area contributed by atoms with Gasteiger partial charge >= 0.3 is 5.97 Å². The molecule has 0 bridgehead atoms. The minimum atomic E-state index is -0.266. The monoisotopic (exact) mass is 190 g/mol. The van der Waals surface area contributed by atoms with Gasteiger partial charge in [0, 0.05) is 21.4 Å². The van der Waals surface area contributed by atoms with Gasteiger partial charge in [0.25, 0.3) is 0 Å². The van der Waals surface area contributed by atoms with Crippen molar-refractivity contribution in [1.29, 1.82) is 0 Å². The van der Waals surface area contributed by atoms with E-state index in [1.807, 2.05) is 0 Å². The summed E-state index contributed by atoms with van der Waals surface area (Å²) in [5, 5.41) is 0. The minimum Gasteiger partial charge on any atom is -0.469 e. The third kappa shape index (κ3) is 8.05. The molecule has 0 aliphatic heterocycles. The predicted octanol–water partition coefficient (Wildman–Crippen LogP) is 0.937. The Labute approximate surface area is 69.9 Å². The van der Waals surface area contributed by atoms with Gasteiger partial charge in [-0.2, -0.15) is 0 Å². The van der Waals surface area contributed by atoms with E-state index >= 15 is 0 Å². The van der Waals surface area contributed by atoms with Crippen molar-refractivity contribution in [3.63, 3.8) is 0 Å². The average Bonchev–Trinajstić information content (AvgIpc) is 1.65. The van der Waals surface area contributed by atoms with Crippen molar-refractivity contribution < 1.29 is 26.0 Å². The molecule has 4 heteroatoms. The molecular weight excluding hydrogens is 183 g/mol. The maximum Gasteiger partial charge on any atom is 0.310 e. The Morgan fingerprint density at radius 2 is 2.11 bits per heavy atom. The third-order valence-electron chi connectivity index (χ3n) is 0.621. The number of hydrogen-bond donors (Lipinski definition) is 0. The molecule has 0 rings (SSSR count). The summed E-state index contributed by atoms with van der Waals surface area (Å²) >= 11 is 4.64. The summed E-state index contributed by atoms with van der Waals surface area (Å²) in [5.74, 6) is -0.266. The summed E-state index contributed by atoms with van der Waals surface area (Å²) in [6.45, 7) is 1.71. The van der Waals surface area contributed by atoms with Gasteiger partial charge in [0.2, 0.25) is 0 Å². The van der Waals surface area contributed by atoms with Crippen LogP contribution in [-0.4, -0.2) is 17.9 Å². The zero-order valence-electron chi connectivity index (χ0n) is 5.25. The summed E-state index contributed by atoms with van der Waals surface area (Å²) in [6, 6.07) is 0. The molecule has 0 atom stereocenters. The minimum absolute atomic E-state index is 0. The SMILES string of the molecule is COC(=O)CC(C)=S.[Ni]. The standard InChI is InChI=1S/C5H8O2S.Ni/c1-4(8)3-5(6)7-2;/h3H2,1-2H3;. The maximum atomic E-state index is 10.3. The normalized spacial score (nSPS) is 7.33. The fourth-order valence-corrected chi connectivity index (χ4v) is 0.393. The van der Waals surface area contributed by atoms with Crippen molar-refractivity contribution in [2.24, 2.45) is 0 Å². The number of carbonyl (C=O) groups excluding carboxylic acids is 1.